The van der Waals surface area contributed by atoms with E-state index in [0.29, 0.717) is 5.88 Å². The molecule has 190 valence electrons. The number of nitrogens with one attached hydrogen (secondary N) is 2. The van der Waals surface area contributed by atoms with Crippen LogP contribution in [0, 0.1) is 0 Å². The highest BCUT2D eigenvalue weighted by atomic mass is 35.5. The van der Waals surface area contributed by atoms with Crippen LogP contribution in [0.25, 0.3) is 0 Å². The Bertz CT molecular complexity index is 1310. The molecule has 1 aromatic heterocycles. The first-order valence-corrected chi connectivity index (χ1v) is 14.0. The van der Waals surface area contributed by atoms with Crippen LogP contribution in [0.1, 0.15) is 42.0 Å². The third-order valence-corrected chi connectivity index (χ3v) is 8.98. The summed E-state index contributed by atoms with van der Waals surface area (Å²) in [5.41, 5.74) is 3.95. The Morgan fingerprint density at radius 1 is 1.14 bits per heavy atom. The van der Waals surface area contributed by atoms with Crippen molar-refractivity contribution in [3.05, 3.63) is 82.5 Å². The summed E-state index contributed by atoms with van der Waals surface area (Å²) >= 11 is 6.16. The summed E-state index contributed by atoms with van der Waals surface area (Å²) in [6.45, 7) is 1.29. The maximum Gasteiger partial charge on any atom is 0.242 e. The van der Waals surface area contributed by atoms with Crippen molar-refractivity contribution < 1.29 is 17.9 Å². The summed E-state index contributed by atoms with van der Waals surface area (Å²) in [4.78, 5) is 4.04. The Hall–Kier alpha value is -2.65. The molecule has 1 saturated carbocycles. The van der Waals surface area contributed by atoms with Gasteiger partial charge in [0.15, 0.2) is 0 Å². The van der Waals surface area contributed by atoms with Crippen molar-refractivity contribution in [2.45, 2.75) is 42.0 Å². The van der Waals surface area contributed by atoms with Crippen molar-refractivity contribution in [1.82, 2.24) is 15.0 Å². The van der Waals surface area contributed by atoms with Crippen molar-refractivity contribution >= 4 is 21.6 Å². The second kappa shape index (κ2) is 10.4. The van der Waals surface area contributed by atoms with Crippen LogP contribution in [0.15, 0.2) is 65.7 Å². The number of aromatic nitrogens is 1. The molecule has 0 spiro atoms. The molecule has 1 fully saturated rings. The standard InChI is InChI=1S/C27H30ClN3O4S/c1-34-25-10-9-23(18-30-25)36(32,33)31-15-16-35-22-8-3-19-11-14-29-26(24(19)17-22)27(12-2-13-27)20-4-6-21(28)7-5-20/h3-10,17-18,26,29,31H,2,11-16H2,1H3. The molecular weight excluding hydrogens is 498 g/mol. The molecule has 1 aliphatic carbocycles. The van der Waals surface area contributed by atoms with Crippen LogP contribution in [0.2, 0.25) is 5.02 Å². The smallest absolute Gasteiger partial charge is 0.242 e. The normalized spacial score (nSPS) is 18.7. The minimum atomic E-state index is -3.68. The Morgan fingerprint density at radius 2 is 1.94 bits per heavy atom. The van der Waals surface area contributed by atoms with Gasteiger partial charge in [-0.1, -0.05) is 36.2 Å². The van der Waals surface area contributed by atoms with E-state index in [4.69, 9.17) is 21.1 Å². The van der Waals surface area contributed by atoms with Gasteiger partial charge >= 0.3 is 0 Å². The van der Waals surface area contributed by atoms with E-state index < -0.39 is 10.0 Å². The molecular formula is C27H30ClN3O4S. The molecule has 0 bridgehead atoms. The highest BCUT2D eigenvalue weighted by molar-refractivity contribution is 7.89. The van der Waals surface area contributed by atoms with Gasteiger partial charge in [-0.3, -0.25) is 0 Å². The second-order valence-corrected chi connectivity index (χ2v) is 11.5. The molecule has 3 aromatic rings. The van der Waals surface area contributed by atoms with Crippen molar-refractivity contribution in [3.63, 3.8) is 0 Å². The molecule has 0 radical (unpaired) electrons. The monoisotopic (exact) mass is 527 g/mol. The zero-order valence-corrected chi connectivity index (χ0v) is 21.7. The molecule has 5 rings (SSSR count). The Kier molecular flexibility index (Phi) is 7.21. The van der Waals surface area contributed by atoms with Crippen LogP contribution in [-0.2, 0) is 21.9 Å². The first kappa shape index (κ1) is 25.0. The van der Waals surface area contributed by atoms with Gasteiger partial charge in [0, 0.05) is 29.1 Å². The molecule has 2 N–H and O–H groups in total. The summed E-state index contributed by atoms with van der Waals surface area (Å²) < 4.78 is 38.6. The number of methoxy groups -OCH3 is 1. The van der Waals surface area contributed by atoms with Gasteiger partial charge in [0.2, 0.25) is 15.9 Å². The van der Waals surface area contributed by atoms with Gasteiger partial charge in [0.25, 0.3) is 0 Å². The SMILES string of the molecule is COc1ccc(S(=O)(=O)NCCOc2ccc3c(c2)C(C2(c4ccc(Cl)cc4)CCC2)NCC3)cn1. The maximum absolute atomic E-state index is 12.5. The lowest BCUT2D eigenvalue weighted by Crippen LogP contribution is -2.49. The number of hydrogen-bond acceptors (Lipinski definition) is 6. The number of ether oxygens (including phenoxy) is 2. The van der Waals surface area contributed by atoms with Gasteiger partial charge < -0.3 is 14.8 Å². The predicted octanol–water partition coefficient (Wildman–Crippen LogP) is 4.41. The summed E-state index contributed by atoms with van der Waals surface area (Å²) in [5.74, 6) is 1.09. The Morgan fingerprint density at radius 3 is 2.61 bits per heavy atom. The molecule has 2 aliphatic rings. The van der Waals surface area contributed by atoms with Crippen molar-refractivity contribution in [1.29, 1.82) is 0 Å². The first-order chi connectivity index (χ1) is 17.4. The zero-order valence-electron chi connectivity index (χ0n) is 20.2. The average Bonchev–Trinajstić information content (AvgIpc) is 2.87. The number of benzene rings is 2. The second-order valence-electron chi connectivity index (χ2n) is 9.30. The lowest BCUT2D eigenvalue weighted by atomic mass is 9.58. The van der Waals surface area contributed by atoms with E-state index in [0.717, 1.165) is 36.6 Å². The lowest BCUT2D eigenvalue weighted by Gasteiger charge is -2.50. The Labute approximate surface area is 217 Å². The molecule has 2 heterocycles. The van der Waals surface area contributed by atoms with Crippen molar-refractivity contribution in [2.24, 2.45) is 0 Å². The average molecular weight is 528 g/mol. The third-order valence-electron chi connectivity index (χ3n) is 7.28. The largest absolute Gasteiger partial charge is 0.492 e. The fraction of sp³-hybridized carbons (Fsp3) is 0.370. The highest BCUT2D eigenvalue weighted by Gasteiger charge is 2.47. The van der Waals surface area contributed by atoms with E-state index in [9.17, 15) is 8.42 Å². The fourth-order valence-electron chi connectivity index (χ4n) is 5.27. The lowest BCUT2D eigenvalue weighted by molar-refractivity contribution is 0.164. The molecule has 0 amide bonds. The molecule has 36 heavy (non-hydrogen) atoms. The molecule has 0 saturated heterocycles. The first-order valence-electron chi connectivity index (χ1n) is 12.2. The van der Waals surface area contributed by atoms with Crippen LogP contribution in [0.5, 0.6) is 11.6 Å². The van der Waals surface area contributed by atoms with Crippen molar-refractivity contribution in [2.75, 3.05) is 26.8 Å². The maximum atomic E-state index is 12.5. The van der Waals surface area contributed by atoms with Crippen LogP contribution in [0.3, 0.4) is 0 Å². The van der Waals surface area contributed by atoms with Gasteiger partial charge in [-0.15, -0.1) is 0 Å². The molecule has 9 heteroatoms. The topological polar surface area (TPSA) is 89.6 Å². The number of pyridine rings is 1. The van der Waals surface area contributed by atoms with E-state index in [1.165, 1.54) is 48.6 Å². The van der Waals surface area contributed by atoms with Crippen LogP contribution in [0.4, 0.5) is 0 Å². The molecule has 2 aromatic carbocycles. The predicted molar refractivity (Wildman–Crippen MR) is 139 cm³/mol. The van der Waals surface area contributed by atoms with Gasteiger partial charge in [-0.25, -0.2) is 18.1 Å². The van der Waals surface area contributed by atoms with Crippen LogP contribution in [-0.4, -0.2) is 40.2 Å². The zero-order chi connectivity index (χ0) is 25.2. The van der Waals surface area contributed by atoms with E-state index in [1.807, 2.05) is 18.2 Å². The van der Waals surface area contributed by atoms with Crippen LogP contribution < -0.4 is 19.5 Å². The van der Waals surface area contributed by atoms with Crippen molar-refractivity contribution in [3.8, 4) is 11.6 Å². The third kappa shape index (κ3) is 4.95. The highest BCUT2D eigenvalue weighted by Crippen LogP contribution is 2.53. The summed E-state index contributed by atoms with van der Waals surface area (Å²) in [7, 11) is -2.20. The summed E-state index contributed by atoms with van der Waals surface area (Å²) in [5, 5.41) is 4.53. The minimum Gasteiger partial charge on any atom is -0.492 e. The molecule has 1 atom stereocenters. The van der Waals surface area contributed by atoms with Crippen LogP contribution >= 0.6 is 11.6 Å². The van der Waals surface area contributed by atoms with Gasteiger partial charge in [-0.05, 0) is 72.8 Å². The van der Waals surface area contributed by atoms with E-state index in [1.54, 1.807) is 0 Å². The fourth-order valence-corrected chi connectivity index (χ4v) is 6.35. The van der Waals surface area contributed by atoms with Gasteiger partial charge in [-0.2, -0.15) is 0 Å². The summed E-state index contributed by atoms with van der Waals surface area (Å²) in [6.07, 6.45) is 5.70. The number of hydrogen-bond donors (Lipinski definition) is 2. The minimum absolute atomic E-state index is 0.0421. The number of halogens is 1. The molecule has 1 unspecified atom stereocenters. The quantitative estimate of drug-likeness (QED) is 0.401. The van der Waals surface area contributed by atoms with Gasteiger partial charge in [0.05, 0.1) is 13.3 Å². The summed E-state index contributed by atoms with van der Waals surface area (Å²) in [6, 6.07) is 17.7. The van der Waals surface area contributed by atoms with E-state index in [2.05, 4.69) is 39.3 Å². The van der Waals surface area contributed by atoms with E-state index in [-0.39, 0.29) is 29.5 Å². The number of sulfonamides is 1. The number of nitrogens with zero attached hydrogens (tertiary/aromatic N) is 1. The number of fused-ring (bicyclic) bond motifs is 1. The van der Waals surface area contributed by atoms with Gasteiger partial charge in [0.1, 0.15) is 17.3 Å². The van der Waals surface area contributed by atoms with E-state index >= 15 is 0 Å². The molecule has 1 aliphatic heterocycles. The Balaban J connectivity index is 1.27. The molecule has 7 nitrogen and oxygen atoms in total. The number of rotatable bonds is 9.